The van der Waals surface area contributed by atoms with Crippen molar-refractivity contribution in [3.8, 4) is 0 Å². The Hall–Kier alpha value is -2.52. The van der Waals surface area contributed by atoms with Gasteiger partial charge < -0.3 is 14.5 Å². The summed E-state index contributed by atoms with van der Waals surface area (Å²) < 4.78 is 30.6. The Bertz CT molecular complexity index is 1110. The van der Waals surface area contributed by atoms with E-state index >= 15 is 0 Å². The topological polar surface area (TPSA) is 92.7 Å². The maximum absolute atomic E-state index is 13.6. The van der Waals surface area contributed by atoms with Gasteiger partial charge in [0.15, 0.2) is 9.84 Å². The molecule has 4 heterocycles. The minimum absolute atomic E-state index is 0.0230. The summed E-state index contributed by atoms with van der Waals surface area (Å²) in [6.07, 6.45) is 4.24. The standard InChI is InChI=1S/C22H26N4O4S/c1-2-31(28,29)20-6-4-3-5-16(20)21(27)26-15-7-8-19(26)17-14-23-22(24-18(17)13-15)25-9-11-30-12-10-25/h3-6,14-15,19H,2,7-13H2,1H3/t15-,19-/m1/s1. The number of benzene rings is 1. The number of hydrogen-bond acceptors (Lipinski definition) is 7. The molecular weight excluding hydrogens is 416 g/mol. The number of aromatic nitrogens is 2. The second-order valence-electron chi connectivity index (χ2n) is 8.23. The van der Waals surface area contributed by atoms with E-state index in [1.807, 2.05) is 11.1 Å². The van der Waals surface area contributed by atoms with Crippen molar-refractivity contribution < 1.29 is 17.9 Å². The normalized spacial score (nSPS) is 23.0. The molecule has 2 fully saturated rings. The number of hydrogen-bond donors (Lipinski definition) is 0. The molecule has 31 heavy (non-hydrogen) atoms. The lowest BCUT2D eigenvalue weighted by atomic mass is 9.98. The molecule has 0 N–H and O–H groups in total. The molecule has 164 valence electrons. The van der Waals surface area contributed by atoms with E-state index in [2.05, 4.69) is 9.88 Å². The molecule has 2 aromatic rings. The Morgan fingerprint density at radius 3 is 2.74 bits per heavy atom. The molecular formula is C22H26N4O4S. The Morgan fingerprint density at radius 2 is 1.97 bits per heavy atom. The Kier molecular flexibility index (Phi) is 5.18. The molecule has 1 aromatic carbocycles. The summed E-state index contributed by atoms with van der Waals surface area (Å²) in [7, 11) is -3.49. The summed E-state index contributed by atoms with van der Waals surface area (Å²) in [6.45, 7) is 4.50. The Labute approximate surface area is 182 Å². The van der Waals surface area contributed by atoms with E-state index in [0.717, 1.165) is 43.1 Å². The zero-order chi connectivity index (χ0) is 21.6. The summed E-state index contributed by atoms with van der Waals surface area (Å²) in [4.78, 5) is 27.1. The summed E-state index contributed by atoms with van der Waals surface area (Å²) in [5.41, 5.74) is 2.24. The minimum Gasteiger partial charge on any atom is -0.378 e. The summed E-state index contributed by atoms with van der Waals surface area (Å²) >= 11 is 0. The zero-order valence-electron chi connectivity index (χ0n) is 17.5. The van der Waals surface area contributed by atoms with Crippen LogP contribution in [0.1, 0.15) is 47.4 Å². The molecule has 1 aromatic heterocycles. The maximum atomic E-state index is 13.6. The molecule has 0 unspecified atom stereocenters. The first kappa shape index (κ1) is 20.4. The quantitative estimate of drug-likeness (QED) is 0.715. The van der Waals surface area contributed by atoms with Gasteiger partial charge in [-0.05, 0) is 25.0 Å². The van der Waals surface area contributed by atoms with E-state index in [0.29, 0.717) is 19.6 Å². The van der Waals surface area contributed by atoms with E-state index in [4.69, 9.17) is 9.72 Å². The number of carbonyl (C=O) groups is 1. The van der Waals surface area contributed by atoms with Crippen LogP contribution in [0.25, 0.3) is 0 Å². The van der Waals surface area contributed by atoms with Gasteiger partial charge in [-0.2, -0.15) is 0 Å². The number of nitrogens with zero attached hydrogens (tertiary/aromatic N) is 4. The summed E-state index contributed by atoms with van der Waals surface area (Å²) in [5.74, 6) is 0.467. The van der Waals surface area contributed by atoms with Crippen molar-refractivity contribution in [1.82, 2.24) is 14.9 Å². The molecule has 0 radical (unpaired) electrons. The van der Waals surface area contributed by atoms with Crippen molar-refractivity contribution in [2.24, 2.45) is 0 Å². The number of sulfone groups is 1. The van der Waals surface area contributed by atoms with Gasteiger partial charge in [-0.3, -0.25) is 4.79 Å². The third-order valence-electron chi connectivity index (χ3n) is 6.54. The van der Waals surface area contributed by atoms with E-state index in [1.54, 1.807) is 25.1 Å². The predicted molar refractivity (Wildman–Crippen MR) is 115 cm³/mol. The van der Waals surface area contributed by atoms with E-state index in [1.165, 1.54) is 6.07 Å². The first-order valence-corrected chi connectivity index (χ1v) is 12.5. The molecule has 0 saturated carbocycles. The van der Waals surface area contributed by atoms with Gasteiger partial charge in [0.05, 0.1) is 41.2 Å². The SMILES string of the molecule is CCS(=O)(=O)c1ccccc1C(=O)N1[C@@H]2CC[C@@H]1c1cnc(N3CCOCC3)nc1C2. The average Bonchev–Trinajstić information content (AvgIpc) is 3.13. The molecule has 0 aliphatic carbocycles. The second kappa shape index (κ2) is 7.87. The summed E-state index contributed by atoms with van der Waals surface area (Å²) in [6, 6.07) is 6.45. The van der Waals surface area contributed by atoms with Crippen LogP contribution >= 0.6 is 0 Å². The number of ether oxygens (including phenoxy) is 1. The monoisotopic (exact) mass is 442 g/mol. The molecule has 5 rings (SSSR count). The second-order valence-corrected chi connectivity index (χ2v) is 10.5. The van der Waals surface area contributed by atoms with E-state index in [-0.39, 0.29) is 34.2 Å². The van der Waals surface area contributed by atoms with Crippen LogP contribution in [0.5, 0.6) is 0 Å². The van der Waals surface area contributed by atoms with Crippen molar-refractivity contribution >= 4 is 21.7 Å². The molecule has 1 amide bonds. The first-order valence-electron chi connectivity index (χ1n) is 10.8. The number of carbonyl (C=O) groups excluding carboxylic acids is 1. The summed E-state index contributed by atoms with van der Waals surface area (Å²) in [5, 5.41) is 0. The fourth-order valence-corrected chi connectivity index (χ4v) is 5.99. The van der Waals surface area contributed by atoms with Crippen molar-refractivity contribution in [1.29, 1.82) is 0 Å². The van der Waals surface area contributed by atoms with E-state index < -0.39 is 9.84 Å². The highest BCUT2D eigenvalue weighted by Crippen LogP contribution is 2.44. The Morgan fingerprint density at radius 1 is 1.19 bits per heavy atom. The van der Waals surface area contributed by atoms with E-state index in [9.17, 15) is 13.2 Å². The zero-order valence-corrected chi connectivity index (χ0v) is 18.3. The minimum atomic E-state index is -3.49. The molecule has 2 atom stereocenters. The van der Waals surface area contributed by atoms with Gasteiger partial charge in [-0.1, -0.05) is 19.1 Å². The van der Waals surface area contributed by atoms with Crippen LogP contribution in [-0.2, 0) is 21.0 Å². The van der Waals surface area contributed by atoms with Crippen LogP contribution in [0.3, 0.4) is 0 Å². The van der Waals surface area contributed by atoms with Crippen LogP contribution in [0, 0.1) is 0 Å². The number of amides is 1. The van der Waals surface area contributed by atoms with Gasteiger partial charge in [0, 0.05) is 37.3 Å². The van der Waals surface area contributed by atoms with Crippen molar-refractivity contribution in [3.05, 3.63) is 47.3 Å². The molecule has 3 aliphatic heterocycles. The smallest absolute Gasteiger partial charge is 0.255 e. The molecule has 3 aliphatic rings. The van der Waals surface area contributed by atoms with Crippen molar-refractivity contribution in [3.63, 3.8) is 0 Å². The van der Waals surface area contributed by atoms with Gasteiger partial charge in [-0.25, -0.2) is 18.4 Å². The molecule has 2 bridgehead atoms. The largest absolute Gasteiger partial charge is 0.378 e. The first-order chi connectivity index (χ1) is 15.0. The van der Waals surface area contributed by atoms with Crippen LogP contribution in [-0.4, -0.2) is 67.3 Å². The third kappa shape index (κ3) is 3.49. The lowest BCUT2D eigenvalue weighted by Gasteiger charge is -2.36. The number of rotatable bonds is 4. The van der Waals surface area contributed by atoms with Gasteiger partial charge in [0.1, 0.15) is 0 Å². The third-order valence-corrected chi connectivity index (χ3v) is 8.32. The number of anilines is 1. The highest BCUT2D eigenvalue weighted by Gasteiger charge is 2.44. The van der Waals surface area contributed by atoms with Gasteiger partial charge in [0.25, 0.3) is 5.91 Å². The highest BCUT2D eigenvalue weighted by molar-refractivity contribution is 7.91. The van der Waals surface area contributed by atoms with Gasteiger partial charge >= 0.3 is 0 Å². The fraction of sp³-hybridized carbons (Fsp3) is 0.500. The van der Waals surface area contributed by atoms with Crippen molar-refractivity contribution in [2.75, 3.05) is 37.0 Å². The molecule has 9 heteroatoms. The van der Waals surface area contributed by atoms with Gasteiger partial charge in [-0.15, -0.1) is 0 Å². The Balaban J connectivity index is 1.47. The lowest BCUT2D eigenvalue weighted by molar-refractivity contribution is 0.0639. The van der Waals surface area contributed by atoms with Crippen LogP contribution in [0.2, 0.25) is 0 Å². The molecule has 8 nitrogen and oxygen atoms in total. The van der Waals surface area contributed by atoms with Gasteiger partial charge in [0.2, 0.25) is 5.95 Å². The molecule has 0 spiro atoms. The highest BCUT2D eigenvalue weighted by atomic mass is 32.2. The van der Waals surface area contributed by atoms with Crippen LogP contribution in [0.15, 0.2) is 35.4 Å². The fourth-order valence-electron chi connectivity index (χ4n) is 4.90. The average molecular weight is 443 g/mol. The predicted octanol–water partition coefficient (Wildman–Crippen LogP) is 2.01. The van der Waals surface area contributed by atoms with Crippen LogP contribution < -0.4 is 4.90 Å². The van der Waals surface area contributed by atoms with Crippen LogP contribution in [0.4, 0.5) is 5.95 Å². The molecule has 2 saturated heterocycles. The lowest BCUT2D eigenvalue weighted by Crippen LogP contribution is -2.43. The maximum Gasteiger partial charge on any atom is 0.255 e. The van der Waals surface area contributed by atoms with Crippen molar-refractivity contribution in [2.45, 2.75) is 43.2 Å². The number of morpholine rings is 1. The number of fused-ring (bicyclic) bond motifs is 4.